The van der Waals surface area contributed by atoms with E-state index in [1.807, 2.05) is 44.2 Å². The number of carbonyl (C=O) groups excluding carboxylic acids is 2. The number of nitrogens with zero attached hydrogens (tertiary/aromatic N) is 2. The quantitative estimate of drug-likeness (QED) is 0.273. The van der Waals surface area contributed by atoms with Gasteiger partial charge >= 0.3 is 0 Å². The minimum atomic E-state index is -0.288. The molecule has 0 bridgehead atoms. The maximum atomic E-state index is 12.9. The van der Waals surface area contributed by atoms with Gasteiger partial charge in [-0.1, -0.05) is 29.8 Å². The average molecular weight is 549 g/mol. The fourth-order valence-corrected chi connectivity index (χ4v) is 4.88. The first-order valence-corrected chi connectivity index (χ1v) is 11.6. The van der Waals surface area contributed by atoms with Crippen molar-refractivity contribution < 1.29 is 9.59 Å². The van der Waals surface area contributed by atoms with Crippen LogP contribution in [0.25, 0.3) is 11.8 Å². The normalized spacial score (nSPS) is 15.5. The molecule has 0 atom stereocenters. The third kappa shape index (κ3) is 4.08. The van der Waals surface area contributed by atoms with E-state index in [0.717, 1.165) is 40.0 Å². The zero-order valence-corrected chi connectivity index (χ0v) is 20.1. The van der Waals surface area contributed by atoms with Gasteiger partial charge in [0.25, 0.3) is 11.1 Å². The van der Waals surface area contributed by atoms with Crippen molar-refractivity contribution in [2.45, 2.75) is 20.4 Å². The predicted molar refractivity (Wildman–Crippen MR) is 131 cm³/mol. The van der Waals surface area contributed by atoms with Gasteiger partial charge in [-0.05, 0) is 102 Å². The topological polar surface area (TPSA) is 42.3 Å². The average Bonchev–Trinajstić information content (AvgIpc) is 3.14. The summed E-state index contributed by atoms with van der Waals surface area (Å²) in [5, 5.41) is 0.263. The molecule has 3 aromatic rings. The summed E-state index contributed by atoms with van der Waals surface area (Å²) in [5.74, 6) is -0.288. The Bertz CT molecular complexity index is 1180. The van der Waals surface area contributed by atoms with Crippen molar-refractivity contribution in [3.8, 4) is 5.69 Å². The molecule has 1 aromatic heterocycles. The summed E-state index contributed by atoms with van der Waals surface area (Å²) in [6.45, 7) is 4.22. The summed E-state index contributed by atoms with van der Waals surface area (Å²) in [6.07, 6.45) is 1.81. The zero-order chi connectivity index (χ0) is 21.4. The Hall–Kier alpha value is -2.03. The molecule has 0 N–H and O–H groups in total. The molecule has 7 heteroatoms. The van der Waals surface area contributed by atoms with Gasteiger partial charge in [0.15, 0.2) is 0 Å². The molecule has 0 unspecified atom stereocenters. The molecule has 4 rings (SSSR count). The molecule has 1 aliphatic heterocycles. The number of hydrogen-bond donors (Lipinski definition) is 0. The van der Waals surface area contributed by atoms with Crippen LogP contribution in [-0.4, -0.2) is 20.6 Å². The van der Waals surface area contributed by atoms with E-state index in [1.54, 1.807) is 6.07 Å². The monoisotopic (exact) mass is 548 g/mol. The largest absolute Gasteiger partial charge is 0.318 e. The number of benzene rings is 2. The Morgan fingerprint density at radius 1 is 1.07 bits per heavy atom. The van der Waals surface area contributed by atoms with Gasteiger partial charge in [-0.3, -0.25) is 14.5 Å². The van der Waals surface area contributed by atoms with Gasteiger partial charge in [0, 0.05) is 25.7 Å². The summed E-state index contributed by atoms with van der Waals surface area (Å²) in [5.41, 5.74) is 4.83. The summed E-state index contributed by atoms with van der Waals surface area (Å²) in [6, 6.07) is 17.6. The number of imide groups is 1. The molecule has 2 amide bonds. The lowest BCUT2D eigenvalue weighted by molar-refractivity contribution is -0.123. The molecule has 1 saturated heterocycles. The zero-order valence-electron chi connectivity index (χ0n) is 16.4. The number of hydrogen-bond acceptors (Lipinski definition) is 3. The van der Waals surface area contributed by atoms with E-state index in [2.05, 4.69) is 51.4 Å². The third-order valence-electron chi connectivity index (χ3n) is 5.00. The van der Waals surface area contributed by atoms with Crippen LogP contribution in [0, 0.1) is 17.4 Å². The molecule has 0 aliphatic carbocycles. The van der Waals surface area contributed by atoms with Crippen molar-refractivity contribution in [1.82, 2.24) is 9.47 Å². The lowest BCUT2D eigenvalue weighted by Gasteiger charge is -2.13. The van der Waals surface area contributed by atoms with E-state index in [9.17, 15) is 9.59 Å². The fourth-order valence-electron chi connectivity index (χ4n) is 3.50. The number of aromatic nitrogens is 1. The highest BCUT2D eigenvalue weighted by Crippen LogP contribution is 2.35. The smallest absolute Gasteiger partial charge is 0.293 e. The van der Waals surface area contributed by atoms with Crippen LogP contribution < -0.4 is 0 Å². The van der Waals surface area contributed by atoms with Crippen LogP contribution in [0.4, 0.5) is 4.79 Å². The molecule has 0 spiro atoms. The third-order valence-corrected chi connectivity index (χ3v) is 7.00. The van der Waals surface area contributed by atoms with Gasteiger partial charge < -0.3 is 4.57 Å². The maximum Gasteiger partial charge on any atom is 0.293 e. The van der Waals surface area contributed by atoms with Gasteiger partial charge in [-0.15, -0.1) is 0 Å². The highest BCUT2D eigenvalue weighted by molar-refractivity contribution is 14.1. The van der Waals surface area contributed by atoms with Crippen molar-refractivity contribution in [2.24, 2.45) is 0 Å². The van der Waals surface area contributed by atoms with E-state index in [0.29, 0.717) is 9.93 Å². The van der Waals surface area contributed by atoms with Gasteiger partial charge in [0.05, 0.1) is 11.4 Å². The van der Waals surface area contributed by atoms with Crippen LogP contribution >= 0.6 is 46.0 Å². The lowest BCUT2D eigenvalue weighted by Crippen LogP contribution is -2.27. The Labute approximate surface area is 198 Å². The standard InChI is InChI=1S/C23H18ClIN2O2S/c1-14-11-17(15(2)27(14)19-9-7-18(25)8-10-19)12-21-22(28)26(23(29)30-21)13-16-5-3-4-6-20(16)24/h3-12H,13H2,1-2H3/b21-12-. The first kappa shape index (κ1) is 21.2. The van der Waals surface area contributed by atoms with Crippen molar-refractivity contribution in [2.75, 3.05) is 0 Å². The SMILES string of the molecule is Cc1cc(/C=C2\SC(=O)N(Cc3ccccc3Cl)C2=O)c(C)n1-c1ccc(I)cc1. The molecule has 152 valence electrons. The molecule has 0 saturated carbocycles. The van der Waals surface area contributed by atoms with Crippen LogP contribution in [0.3, 0.4) is 0 Å². The highest BCUT2D eigenvalue weighted by Gasteiger charge is 2.35. The van der Waals surface area contributed by atoms with Gasteiger partial charge in [0.1, 0.15) is 0 Å². The first-order chi connectivity index (χ1) is 14.3. The summed E-state index contributed by atoms with van der Waals surface area (Å²) < 4.78 is 3.32. The summed E-state index contributed by atoms with van der Waals surface area (Å²) in [7, 11) is 0. The van der Waals surface area contributed by atoms with Crippen LogP contribution in [0.5, 0.6) is 0 Å². The molecule has 2 heterocycles. The number of thioether (sulfide) groups is 1. The maximum absolute atomic E-state index is 12.9. The van der Waals surface area contributed by atoms with Gasteiger partial charge in [0.2, 0.25) is 0 Å². The second-order valence-electron chi connectivity index (χ2n) is 7.00. The Morgan fingerprint density at radius 3 is 2.47 bits per heavy atom. The summed E-state index contributed by atoms with van der Waals surface area (Å²) in [4.78, 5) is 27.1. The minimum absolute atomic E-state index is 0.170. The summed E-state index contributed by atoms with van der Waals surface area (Å²) >= 11 is 9.45. The molecule has 30 heavy (non-hydrogen) atoms. The van der Waals surface area contributed by atoms with Crippen molar-refractivity contribution in [1.29, 1.82) is 0 Å². The number of amides is 2. The highest BCUT2D eigenvalue weighted by atomic mass is 127. The van der Waals surface area contributed by atoms with E-state index < -0.39 is 0 Å². The van der Waals surface area contributed by atoms with E-state index in [-0.39, 0.29) is 17.7 Å². The van der Waals surface area contributed by atoms with Crippen LogP contribution in [0.1, 0.15) is 22.5 Å². The second-order valence-corrected chi connectivity index (χ2v) is 9.64. The van der Waals surface area contributed by atoms with Crippen molar-refractivity contribution in [3.05, 3.63) is 90.6 Å². The predicted octanol–water partition coefficient (Wildman–Crippen LogP) is 6.59. The van der Waals surface area contributed by atoms with Crippen LogP contribution in [-0.2, 0) is 11.3 Å². The molecule has 0 radical (unpaired) electrons. The first-order valence-electron chi connectivity index (χ1n) is 9.29. The van der Waals surface area contributed by atoms with E-state index in [4.69, 9.17) is 11.6 Å². The van der Waals surface area contributed by atoms with E-state index in [1.165, 1.54) is 8.47 Å². The Balaban J connectivity index is 1.63. The number of rotatable bonds is 4. The molecule has 1 fully saturated rings. The number of halogens is 2. The fraction of sp³-hybridized carbons (Fsp3) is 0.130. The molecule has 1 aliphatic rings. The Kier molecular flexibility index (Phi) is 6.09. The number of aryl methyl sites for hydroxylation is 1. The molecule has 4 nitrogen and oxygen atoms in total. The molecular weight excluding hydrogens is 531 g/mol. The second kappa shape index (κ2) is 8.61. The van der Waals surface area contributed by atoms with E-state index >= 15 is 0 Å². The minimum Gasteiger partial charge on any atom is -0.318 e. The lowest BCUT2D eigenvalue weighted by atomic mass is 10.2. The molecular formula is C23H18ClIN2O2S. The van der Waals surface area contributed by atoms with Crippen LogP contribution in [0.2, 0.25) is 5.02 Å². The number of carbonyl (C=O) groups is 2. The molecule has 2 aromatic carbocycles. The van der Waals surface area contributed by atoms with Crippen LogP contribution in [0.15, 0.2) is 59.5 Å². The van der Waals surface area contributed by atoms with Gasteiger partial charge in [-0.2, -0.15) is 0 Å². The Morgan fingerprint density at radius 2 is 1.77 bits per heavy atom. The van der Waals surface area contributed by atoms with Crippen molar-refractivity contribution >= 4 is 63.2 Å². The van der Waals surface area contributed by atoms with Gasteiger partial charge in [-0.25, -0.2) is 0 Å². The van der Waals surface area contributed by atoms with Crippen molar-refractivity contribution in [3.63, 3.8) is 0 Å².